The van der Waals surface area contributed by atoms with Crippen molar-refractivity contribution in [3.05, 3.63) is 85.9 Å². The summed E-state index contributed by atoms with van der Waals surface area (Å²) in [5.74, 6) is 5.45. The number of methoxy groups -OCH3 is 1. The SMILES string of the molecule is CNc1ccc(C#Cc2c(F)c(-n3ccc(=O)[nH]c3=O)cc(C(C)(C)C)c2OC)cc1. The molecule has 31 heavy (non-hydrogen) atoms. The van der Waals surface area contributed by atoms with E-state index in [9.17, 15) is 9.59 Å². The Labute approximate surface area is 179 Å². The van der Waals surface area contributed by atoms with E-state index >= 15 is 4.39 Å². The Morgan fingerprint density at radius 1 is 1.10 bits per heavy atom. The minimum absolute atomic E-state index is 0.0122. The van der Waals surface area contributed by atoms with E-state index in [2.05, 4.69) is 22.1 Å². The van der Waals surface area contributed by atoms with Crippen LogP contribution in [0.3, 0.4) is 0 Å². The second kappa shape index (κ2) is 8.52. The summed E-state index contributed by atoms with van der Waals surface area (Å²) in [6, 6.07) is 10.1. The fourth-order valence-electron chi connectivity index (χ4n) is 3.15. The van der Waals surface area contributed by atoms with Gasteiger partial charge in [0.2, 0.25) is 0 Å². The highest BCUT2D eigenvalue weighted by Gasteiger charge is 2.26. The maximum absolute atomic E-state index is 15.6. The van der Waals surface area contributed by atoms with Crippen LogP contribution in [-0.4, -0.2) is 23.7 Å². The lowest BCUT2D eigenvalue weighted by molar-refractivity contribution is 0.392. The minimum atomic E-state index is -0.738. The molecule has 1 aromatic heterocycles. The summed E-state index contributed by atoms with van der Waals surface area (Å²) >= 11 is 0. The number of ether oxygens (including phenoxy) is 1. The summed E-state index contributed by atoms with van der Waals surface area (Å²) in [5, 5.41) is 3.03. The number of aromatic nitrogens is 2. The van der Waals surface area contributed by atoms with E-state index in [4.69, 9.17) is 4.74 Å². The van der Waals surface area contributed by atoms with E-state index in [0.29, 0.717) is 16.9 Å². The molecule has 0 saturated heterocycles. The number of rotatable bonds is 3. The zero-order chi connectivity index (χ0) is 22.8. The quantitative estimate of drug-likeness (QED) is 0.636. The fourth-order valence-corrected chi connectivity index (χ4v) is 3.15. The topological polar surface area (TPSA) is 76.1 Å². The normalized spacial score (nSPS) is 10.9. The van der Waals surface area contributed by atoms with Gasteiger partial charge in [0, 0.05) is 36.1 Å². The standard InChI is InChI=1S/C24H24FN3O3/c1-24(2,3)18-14-19(28-13-12-20(29)27-23(28)30)21(25)17(22(18)31-5)11-8-15-6-9-16(26-4)10-7-15/h6-7,9-10,12-14,26H,1-5H3,(H,27,29,30). The van der Waals surface area contributed by atoms with Crippen LogP contribution in [0.1, 0.15) is 37.5 Å². The van der Waals surface area contributed by atoms with Crippen molar-refractivity contribution in [1.82, 2.24) is 9.55 Å². The van der Waals surface area contributed by atoms with E-state index < -0.39 is 22.5 Å². The molecule has 0 amide bonds. The Bertz CT molecular complexity index is 1290. The molecule has 160 valence electrons. The summed E-state index contributed by atoms with van der Waals surface area (Å²) in [6.07, 6.45) is 1.24. The van der Waals surface area contributed by atoms with Crippen LogP contribution in [-0.2, 0) is 5.41 Å². The third-order valence-electron chi connectivity index (χ3n) is 4.80. The monoisotopic (exact) mass is 421 g/mol. The van der Waals surface area contributed by atoms with Gasteiger partial charge in [-0.05, 0) is 35.7 Å². The minimum Gasteiger partial charge on any atom is -0.495 e. The molecule has 0 unspecified atom stereocenters. The van der Waals surface area contributed by atoms with Crippen LogP contribution in [0, 0.1) is 17.7 Å². The van der Waals surface area contributed by atoms with Gasteiger partial charge in [-0.3, -0.25) is 14.3 Å². The molecule has 6 nitrogen and oxygen atoms in total. The van der Waals surface area contributed by atoms with Crippen molar-refractivity contribution in [3.8, 4) is 23.3 Å². The number of hydrogen-bond acceptors (Lipinski definition) is 4. The van der Waals surface area contributed by atoms with Crippen LogP contribution in [0.4, 0.5) is 10.1 Å². The lowest BCUT2D eigenvalue weighted by Crippen LogP contribution is -2.28. The number of halogens is 1. The lowest BCUT2D eigenvalue weighted by atomic mass is 9.84. The summed E-state index contributed by atoms with van der Waals surface area (Å²) in [6.45, 7) is 5.86. The van der Waals surface area contributed by atoms with Crippen molar-refractivity contribution in [1.29, 1.82) is 0 Å². The Balaban J connectivity index is 2.29. The molecule has 3 aromatic rings. The molecule has 0 fully saturated rings. The first-order valence-corrected chi connectivity index (χ1v) is 9.69. The first-order valence-electron chi connectivity index (χ1n) is 9.69. The number of nitrogens with one attached hydrogen (secondary N) is 2. The van der Waals surface area contributed by atoms with E-state index in [-0.39, 0.29) is 11.3 Å². The van der Waals surface area contributed by atoms with Crippen LogP contribution < -0.4 is 21.3 Å². The summed E-state index contributed by atoms with van der Waals surface area (Å²) in [7, 11) is 3.28. The molecule has 2 N–H and O–H groups in total. The Morgan fingerprint density at radius 3 is 2.32 bits per heavy atom. The van der Waals surface area contributed by atoms with Crippen LogP contribution in [0.5, 0.6) is 5.75 Å². The molecule has 0 bridgehead atoms. The average molecular weight is 421 g/mol. The van der Waals surface area contributed by atoms with Gasteiger partial charge in [-0.1, -0.05) is 32.6 Å². The molecular formula is C24H24FN3O3. The second-order valence-electron chi connectivity index (χ2n) is 7.97. The third-order valence-corrected chi connectivity index (χ3v) is 4.80. The van der Waals surface area contributed by atoms with Gasteiger partial charge in [0.15, 0.2) is 5.82 Å². The molecule has 2 aromatic carbocycles. The van der Waals surface area contributed by atoms with Gasteiger partial charge < -0.3 is 10.1 Å². The van der Waals surface area contributed by atoms with Crippen molar-refractivity contribution in [2.45, 2.75) is 26.2 Å². The highest BCUT2D eigenvalue weighted by Crippen LogP contribution is 2.37. The van der Waals surface area contributed by atoms with Gasteiger partial charge in [0.1, 0.15) is 11.3 Å². The maximum atomic E-state index is 15.6. The van der Waals surface area contributed by atoms with Crippen LogP contribution in [0.25, 0.3) is 5.69 Å². The van der Waals surface area contributed by atoms with Gasteiger partial charge in [-0.15, -0.1) is 0 Å². The molecule has 0 aliphatic heterocycles. The first kappa shape index (κ1) is 21.9. The molecular weight excluding hydrogens is 397 g/mol. The third kappa shape index (κ3) is 4.53. The van der Waals surface area contributed by atoms with E-state index in [1.54, 1.807) is 6.07 Å². The molecule has 0 saturated carbocycles. The van der Waals surface area contributed by atoms with Crippen molar-refractivity contribution in [3.63, 3.8) is 0 Å². The molecule has 0 radical (unpaired) electrons. The smallest absolute Gasteiger partial charge is 0.333 e. The van der Waals surface area contributed by atoms with Crippen molar-refractivity contribution in [2.75, 3.05) is 19.5 Å². The van der Waals surface area contributed by atoms with Gasteiger partial charge in [0.05, 0.1) is 12.8 Å². The molecule has 0 spiro atoms. The Hall–Kier alpha value is -3.79. The van der Waals surface area contributed by atoms with Crippen molar-refractivity contribution < 1.29 is 9.13 Å². The first-order chi connectivity index (χ1) is 14.7. The number of benzene rings is 2. The Morgan fingerprint density at radius 2 is 1.77 bits per heavy atom. The average Bonchev–Trinajstić information content (AvgIpc) is 2.72. The number of nitrogens with zero attached hydrogens (tertiary/aromatic N) is 1. The van der Waals surface area contributed by atoms with Gasteiger partial charge in [-0.2, -0.15) is 0 Å². The van der Waals surface area contributed by atoms with E-state index in [1.165, 1.54) is 13.3 Å². The predicted molar refractivity (Wildman–Crippen MR) is 120 cm³/mol. The zero-order valence-electron chi connectivity index (χ0n) is 18.1. The second-order valence-corrected chi connectivity index (χ2v) is 7.97. The Kier molecular flexibility index (Phi) is 6.02. The molecule has 1 heterocycles. The van der Waals surface area contributed by atoms with Gasteiger partial charge >= 0.3 is 5.69 Å². The van der Waals surface area contributed by atoms with Gasteiger partial charge in [0.25, 0.3) is 5.56 Å². The summed E-state index contributed by atoms with van der Waals surface area (Å²) in [5.41, 5.74) is 0.619. The number of H-pyrrole nitrogens is 1. The van der Waals surface area contributed by atoms with E-state index in [1.807, 2.05) is 52.1 Å². The van der Waals surface area contributed by atoms with Gasteiger partial charge in [-0.25, -0.2) is 9.18 Å². The summed E-state index contributed by atoms with van der Waals surface area (Å²) in [4.78, 5) is 25.9. The molecule has 0 aliphatic carbocycles. The highest BCUT2D eigenvalue weighted by molar-refractivity contribution is 5.61. The molecule has 0 atom stereocenters. The summed E-state index contributed by atoms with van der Waals surface area (Å²) < 4.78 is 22.2. The fraction of sp³-hybridized carbons (Fsp3) is 0.250. The largest absolute Gasteiger partial charge is 0.495 e. The molecule has 7 heteroatoms. The van der Waals surface area contributed by atoms with Crippen LogP contribution in [0.2, 0.25) is 0 Å². The van der Waals surface area contributed by atoms with E-state index in [0.717, 1.165) is 16.3 Å². The zero-order valence-corrected chi connectivity index (χ0v) is 18.1. The van der Waals surface area contributed by atoms with Crippen LogP contribution in [0.15, 0.2) is 52.2 Å². The molecule has 0 aliphatic rings. The predicted octanol–water partition coefficient (Wildman–Crippen LogP) is 3.41. The number of hydrogen-bond donors (Lipinski definition) is 2. The van der Waals surface area contributed by atoms with Crippen molar-refractivity contribution in [2.24, 2.45) is 0 Å². The lowest BCUT2D eigenvalue weighted by Gasteiger charge is -2.25. The maximum Gasteiger partial charge on any atom is 0.333 e. The number of aromatic amines is 1. The molecule has 3 rings (SSSR count). The number of anilines is 1. The highest BCUT2D eigenvalue weighted by atomic mass is 19.1. The van der Waals surface area contributed by atoms with Crippen LogP contribution >= 0.6 is 0 Å². The van der Waals surface area contributed by atoms with Crippen molar-refractivity contribution >= 4 is 5.69 Å².